The van der Waals surface area contributed by atoms with E-state index in [1.807, 2.05) is 0 Å². The Hall–Kier alpha value is -2.43. The van der Waals surface area contributed by atoms with E-state index in [0.717, 1.165) is 6.07 Å². The van der Waals surface area contributed by atoms with E-state index in [1.54, 1.807) is 13.0 Å². The van der Waals surface area contributed by atoms with Gasteiger partial charge in [0.05, 0.1) is 0 Å². The van der Waals surface area contributed by atoms with Gasteiger partial charge in [-0.25, -0.2) is 4.79 Å². The number of aromatic amines is 1. The summed E-state index contributed by atoms with van der Waals surface area (Å²) in [7, 11) is 0. The van der Waals surface area contributed by atoms with Gasteiger partial charge in [0.2, 0.25) is 0 Å². The summed E-state index contributed by atoms with van der Waals surface area (Å²) in [5, 5.41) is 0. The van der Waals surface area contributed by atoms with E-state index >= 15 is 0 Å². The molecule has 88 valence electrons. The van der Waals surface area contributed by atoms with Gasteiger partial charge in [-0.05, 0) is 6.92 Å². The van der Waals surface area contributed by atoms with Crippen LogP contribution in [-0.2, 0) is 0 Å². The Morgan fingerprint density at radius 1 is 1.47 bits per heavy atom. The van der Waals surface area contributed by atoms with Crippen LogP contribution in [0.2, 0.25) is 0 Å². The van der Waals surface area contributed by atoms with Crippen LogP contribution in [0.1, 0.15) is 11.7 Å². The molecule has 0 radical (unpaired) electrons. The number of aromatic nitrogens is 2. The molecule has 1 heterocycles. The highest BCUT2D eigenvalue weighted by Crippen LogP contribution is 1.99. The highest BCUT2D eigenvalue weighted by atomic mass is 16.2. The largest absolute Gasteiger partial charge is 0.335 e. The van der Waals surface area contributed by atoms with Crippen LogP contribution in [0, 0.1) is 0 Å². The van der Waals surface area contributed by atoms with Gasteiger partial charge in [0.1, 0.15) is 0 Å². The van der Waals surface area contributed by atoms with Gasteiger partial charge in [-0.3, -0.25) is 9.59 Å². The van der Waals surface area contributed by atoms with Crippen molar-refractivity contribution in [1.29, 1.82) is 0 Å². The minimum absolute atomic E-state index is 0.210. The molecule has 0 saturated heterocycles. The Balaban J connectivity index is 3.39. The molecule has 1 rings (SSSR count). The Bertz CT molecular complexity index is 574. The minimum Gasteiger partial charge on any atom is -0.314 e. The number of hydrogen-bond donors (Lipinski definition) is 1. The van der Waals surface area contributed by atoms with Crippen molar-refractivity contribution in [2.24, 2.45) is 0 Å². The highest BCUT2D eigenvalue weighted by Gasteiger charge is 2.13. The predicted octanol–water partition coefficient (Wildman–Crippen LogP) is 0.865. The van der Waals surface area contributed by atoms with Crippen LogP contribution in [0.25, 0.3) is 0 Å². The second-order valence-corrected chi connectivity index (χ2v) is 3.12. The molecule has 0 aliphatic carbocycles. The van der Waals surface area contributed by atoms with Crippen LogP contribution >= 0.6 is 0 Å². The van der Waals surface area contributed by atoms with E-state index in [0.29, 0.717) is 4.57 Å². The summed E-state index contributed by atoms with van der Waals surface area (Å²) in [6.45, 7) is 5.19. The molecule has 1 N–H and O–H groups in total. The predicted molar refractivity (Wildman–Crippen MR) is 65.0 cm³/mol. The Kier molecular flexibility index (Phi) is 4.16. The summed E-state index contributed by atoms with van der Waals surface area (Å²) in [6.07, 6.45) is 7.18. The molecule has 0 atom stereocenters. The van der Waals surface area contributed by atoms with Crippen LogP contribution in [0.5, 0.6) is 0 Å². The van der Waals surface area contributed by atoms with Crippen LogP contribution < -0.4 is 11.2 Å². The molecule has 0 aliphatic heterocycles. The van der Waals surface area contributed by atoms with Gasteiger partial charge in [0.15, 0.2) is 0 Å². The number of nitrogens with one attached hydrogen (secondary N) is 1. The van der Waals surface area contributed by atoms with Crippen molar-refractivity contribution in [3.05, 3.63) is 69.6 Å². The molecule has 17 heavy (non-hydrogen) atoms. The average molecular weight is 232 g/mol. The second kappa shape index (κ2) is 5.60. The lowest BCUT2D eigenvalue weighted by Crippen LogP contribution is -2.39. The molecule has 5 heteroatoms. The molecule has 0 aliphatic rings. The smallest absolute Gasteiger partial charge is 0.314 e. The zero-order valence-electron chi connectivity index (χ0n) is 9.34. The van der Waals surface area contributed by atoms with Crippen molar-refractivity contribution >= 4 is 5.91 Å². The molecule has 5 nitrogen and oxygen atoms in total. The Morgan fingerprint density at radius 2 is 2.18 bits per heavy atom. The third-order valence-electron chi connectivity index (χ3n) is 1.95. The number of allylic oxidation sites excluding steroid dienone is 5. The lowest BCUT2D eigenvalue weighted by atomic mass is 10.2. The number of rotatable bonds is 3. The first-order valence-electron chi connectivity index (χ1n) is 4.92. The van der Waals surface area contributed by atoms with Crippen molar-refractivity contribution in [2.45, 2.75) is 6.92 Å². The number of carbonyl (C=O) groups excluding carboxylic acids is 1. The van der Waals surface area contributed by atoms with E-state index in [4.69, 9.17) is 0 Å². The molecular formula is C12H12N2O3. The summed E-state index contributed by atoms with van der Waals surface area (Å²) in [5.41, 5.74) is -1.22. The molecule has 1 aromatic heterocycles. The molecule has 0 spiro atoms. The lowest BCUT2D eigenvalue weighted by Gasteiger charge is -2.02. The van der Waals surface area contributed by atoms with E-state index in [-0.39, 0.29) is 5.57 Å². The summed E-state index contributed by atoms with van der Waals surface area (Å²) in [6, 6.07) is 1.11. The van der Waals surface area contributed by atoms with Crippen LogP contribution in [0.15, 0.2) is 58.3 Å². The summed E-state index contributed by atoms with van der Waals surface area (Å²) < 4.78 is 0.537. The molecule has 1 aromatic rings. The summed E-state index contributed by atoms with van der Waals surface area (Å²) >= 11 is 0. The normalized spacial score (nSPS) is 11.7. The SMILES string of the molecule is C=C/C=C(\C=C/C)C(=O)n1c(=O)cc[nH]c1=O. The number of H-pyrrole nitrogens is 1. The van der Waals surface area contributed by atoms with Crippen molar-refractivity contribution in [3.8, 4) is 0 Å². The van der Waals surface area contributed by atoms with Gasteiger partial charge in [-0.1, -0.05) is 30.9 Å². The lowest BCUT2D eigenvalue weighted by molar-refractivity contribution is 0.0950. The fourth-order valence-electron chi connectivity index (χ4n) is 1.25. The van der Waals surface area contributed by atoms with Crippen molar-refractivity contribution < 1.29 is 4.79 Å². The topological polar surface area (TPSA) is 71.9 Å². The molecule has 0 aromatic carbocycles. The van der Waals surface area contributed by atoms with Gasteiger partial charge in [0, 0.05) is 17.8 Å². The first-order chi connectivity index (χ1) is 8.11. The molecule has 0 amide bonds. The van der Waals surface area contributed by atoms with E-state index in [2.05, 4.69) is 11.6 Å². The zero-order valence-corrected chi connectivity index (χ0v) is 9.34. The van der Waals surface area contributed by atoms with Gasteiger partial charge in [-0.15, -0.1) is 0 Å². The van der Waals surface area contributed by atoms with E-state index in [1.165, 1.54) is 24.4 Å². The Morgan fingerprint density at radius 3 is 2.71 bits per heavy atom. The maximum Gasteiger partial charge on any atom is 0.335 e. The fourth-order valence-corrected chi connectivity index (χ4v) is 1.25. The van der Waals surface area contributed by atoms with Crippen molar-refractivity contribution in [3.63, 3.8) is 0 Å². The fraction of sp³-hybridized carbons (Fsp3) is 0.0833. The third kappa shape index (κ3) is 2.78. The number of hydrogen-bond acceptors (Lipinski definition) is 3. The molecule has 0 bridgehead atoms. The monoisotopic (exact) mass is 232 g/mol. The average Bonchev–Trinajstić information content (AvgIpc) is 2.28. The summed E-state index contributed by atoms with van der Waals surface area (Å²) in [5.74, 6) is -0.685. The van der Waals surface area contributed by atoms with Crippen LogP contribution in [0.4, 0.5) is 0 Å². The maximum atomic E-state index is 11.9. The first kappa shape index (κ1) is 12.6. The first-order valence-corrected chi connectivity index (χ1v) is 4.92. The molecular weight excluding hydrogens is 220 g/mol. The highest BCUT2D eigenvalue weighted by molar-refractivity contribution is 5.98. The van der Waals surface area contributed by atoms with Crippen molar-refractivity contribution in [1.82, 2.24) is 9.55 Å². The zero-order chi connectivity index (χ0) is 12.8. The molecule has 0 fully saturated rings. The third-order valence-corrected chi connectivity index (χ3v) is 1.95. The number of carbonyl (C=O) groups is 1. The number of nitrogens with zero attached hydrogens (tertiary/aromatic N) is 1. The molecule has 0 saturated carbocycles. The van der Waals surface area contributed by atoms with Crippen molar-refractivity contribution in [2.75, 3.05) is 0 Å². The summed E-state index contributed by atoms with van der Waals surface area (Å²) in [4.78, 5) is 37.1. The van der Waals surface area contributed by atoms with Gasteiger partial charge < -0.3 is 4.98 Å². The van der Waals surface area contributed by atoms with E-state index < -0.39 is 17.2 Å². The van der Waals surface area contributed by atoms with Gasteiger partial charge >= 0.3 is 5.69 Å². The maximum absolute atomic E-state index is 11.9. The molecule has 0 unspecified atom stereocenters. The van der Waals surface area contributed by atoms with Crippen LogP contribution in [-0.4, -0.2) is 15.5 Å². The van der Waals surface area contributed by atoms with E-state index in [9.17, 15) is 14.4 Å². The standard InChI is InChI=1S/C12H12N2O3/c1-3-5-9(6-4-2)11(16)14-10(15)7-8-13-12(14)17/h3-8H,1H2,2H3,(H,13,17)/b6-4-,9-5+. The minimum atomic E-state index is -0.762. The van der Waals surface area contributed by atoms with Crippen LogP contribution in [0.3, 0.4) is 0 Å². The quantitative estimate of drug-likeness (QED) is 0.620. The van der Waals surface area contributed by atoms with Gasteiger partial charge in [-0.2, -0.15) is 4.57 Å². The Labute approximate surface area is 97.4 Å². The van der Waals surface area contributed by atoms with Gasteiger partial charge in [0.25, 0.3) is 11.5 Å². The second-order valence-electron chi connectivity index (χ2n) is 3.12.